The lowest BCUT2D eigenvalue weighted by Gasteiger charge is -2.32. The molecule has 1 atom stereocenters. The van der Waals surface area contributed by atoms with Gasteiger partial charge in [0.2, 0.25) is 0 Å². The van der Waals surface area contributed by atoms with Crippen LogP contribution in [0.4, 0.5) is 11.4 Å². The maximum atomic E-state index is 6.06. The summed E-state index contributed by atoms with van der Waals surface area (Å²) in [4.78, 5) is 6.97. The highest BCUT2D eigenvalue weighted by Crippen LogP contribution is 2.29. The van der Waals surface area contributed by atoms with E-state index in [1.54, 1.807) is 0 Å². The van der Waals surface area contributed by atoms with Crippen LogP contribution in [0.25, 0.3) is 10.9 Å². The fourth-order valence-electron chi connectivity index (χ4n) is 2.99. The van der Waals surface area contributed by atoms with Crippen molar-refractivity contribution in [1.82, 2.24) is 9.88 Å². The first-order valence-electron chi connectivity index (χ1n) is 7.43. The smallest absolute Gasteiger partial charge is 0.0954 e. The Morgan fingerprint density at radius 1 is 1.43 bits per heavy atom. The second-order valence-corrected chi connectivity index (χ2v) is 6.68. The van der Waals surface area contributed by atoms with E-state index >= 15 is 0 Å². The summed E-state index contributed by atoms with van der Waals surface area (Å²) in [6.07, 6.45) is 5.72. The van der Waals surface area contributed by atoms with Crippen molar-refractivity contribution in [1.29, 1.82) is 0 Å². The minimum absolute atomic E-state index is 0.599. The van der Waals surface area contributed by atoms with Gasteiger partial charge in [-0.05, 0) is 60.6 Å². The summed E-state index contributed by atoms with van der Waals surface area (Å²) in [5.74, 6) is 0. The van der Waals surface area contributed by atoms with E-state index in [4.69, 9.17) is 5.73 Å². The van der Waals surface area contributed by atoms with Crippen LogP contribution in [0.15, 0.2) is 28.9 Å². The third kappa shape index (κ3) is 3.14. The number of nitrogens with two attached hydrogens (primary N) is 1. The SMILES string of the molecule is CN1CCCCC1CNc1ccc(N)c2cc(Br)cnc12. The molecule has 3 rings (SSSR count). The van der Waals surface area contributed by atoms with Crippen molar-refractivity contribution in [3.05, 3.63) is 28.9 Å². The zero-order chi connectivity index (χ0) is 14.8. The standard InChI is InChI=1S/C16H21BrN4/c1-21-7-3-2-4-12(21)10-19-15-6-5-14(18)13-8-11(17)9-20-16(13)15/h5-6,8-9,12,19H,2-4,7,10,18H2,1H3. The normalized spacial score (nSPS) is 19.8. The van der Waals surface area contributed by atoms with Gasteiger partial charge in [0.15, 0.2) is 0 Å². The lowest BCUT2D eigenvalue weighted by atomic mass is 10.0. The Morgan fingerprint density at radius 2 is 2.29 bits per heavy atom. The molecule has 1 unspecified atom stereocenters. The number of fused-ring (bicyclic) bond motifs is 1. The molecule has 112 valence electrons. The average Bonchev–Trinajstić information content (AvgIpc) is 2.48. The van der Waals surface area contributed by atoms with Gasteiger partial charge in [0.1, 0.15) is 0 Å². The summed E-state index contributed by atoms with van der Waals surface area (Å²) in [7, 11) is 2.21. The van der Waals surface area contributed by atoms with E-state index in [9.17, 15) is 0 Å². The Labute approximate surface area is 133 Å². The van der Waals surface area contributed by atoms with E-state index < -0.39 is 0 Å². The average molecular weight is 349 g/mol. The summed E-state index contributed by atoms with van der Waals surface area (Å²) in [5.41, 5.74) is 8.82. The van der Waals surface area contributed by atoms with Gasteiger partial charge in [0, 0.05) is 34.3 Å². The molecule has 2 heterocycles. The maximum absolute atomic E-state index is 6.06. The Balaban J connectivity index is 1.82. The number of hydrogen-bond acceptors (Lipinski definition) is 4. The molecule has 1 aliphatic heterocycles. The molecule has 3 N–H and O–H groups in total. The first-order valence-corrected chi connectivity index (χ1v) is 8.22. The molecule has 1 aliphatic rings. The lowest BCUT2D eigenvalue weighted by Crippen LogP contribution is -2.40. The molecule has 1 aromatic heterocycles. The summed E-state index contributed by atoms with van der Waals surface area (Å²) in [6.45, 7) is 2.15. The molecule has 1 saturated heterocycles. The number of benzene rings is 1. The number of nitrogens with one attached hydrogen (secondary N) is 1. The largest absolute Gasteiger partial charge is 0.398 e. The highest BCUT2D eigenvalue weighted by atomic mass is 79.9. The molecule has 4 nitrogen and oxygen atoms in total. The molecule has 0 spiro atoms. The molecule has 0 radical (unpaired) electrons. The number of hydrogen-bond donors (Lipinski definition) is 2. The van der Waals surface area contributed by atoms with Gasteiger partial charge >= 0.3 is 0 Å². The van der Waals surface area contributed by atoms with E-state index in [0.717, 1.165) is 33.3 Å². The van der Waals surface area contributed by atoms with Gasteiger partial charge in [0.25, 0.3) is 0 Å². The predicted molar refractivity (Wildman–Crippen MR) is 92.6 cm³/mol. The van der Waals surface area contributed by atoms with Gasteiger partial charge in [-0.1, -0.05) is 6.42 Å². The van der Waals surface area contributed by atoms with Crippen molar-refractivity contribution >= 4 is 38.2 Å². The van der Waals surface area contributed by atoms with Crippen LogP contribution >= 0.6 is 15.9 Å². The minimum atomic E-state index is 0.599. The van der Waals surface area contributed by atoms with Crippen LogP contribution in [-0.4, -0.2) is 36.1 Å². The summed E-state index contributed by atoms with van der Waals surface area (Å²) in [6, 6.07) is 6.60. The third-order valence-electron chi connectivity index (χ3n) is 4.30. The van der Waals surface area contributed by atoms with Crippen LogP contribution < -0.4 is 11.1 Å². The number of anilines is 2. The fraction of sp³-hybridized carbons (Fsp3) is 0.438. The number of nitrogen functional groups attached to an aromatic ring is 1. The van der Waals surface area contributed by atoms with Crippen LogP contribution in [-0.2, 0) is 0 Å². The number of nitrogens with zero attached hydrogens (tertiary/aromatic N) is 2. The van der Waals surface area contributed by atoms with Gasteiger partial charge in [-0.25, -0.2) is 0 Å². The van der Waals surface area contributed by atoms with Crippen LogP contribution in [0.1, 0.15) is 19.3 Å². The molecule has 5 heteroatoms. The summed E-state index contributed by atoms with van der Waals surface area (Å²) >= 11 is 3.46. The number of likely N-dealkylation sites (tertiary alicyclic amines) is 1. The molecule has 0 bridgehead atoms. The summed E-state index contributed by atoms with van der Waals surface area (Å²) < 4.78 is 0.950. The third-order valence-corrected chi connectivity index (χ3v) is 4.73. The molecular formula is C16H21BrN4. The number of pyridine rings is 1. The van der Waals surface area contributed by atoms with Crippen molar-refractivity contribution < 1.29 is 0 Å². The molecule has 2 aromatic rings. The molecule has 1 aromatic carbocycles. The van der Waals surface area contributed by atoms with Crippen molar-refractivity contribution in [3.8, 4) is 0 Å². The van der Waals surface area contributed by atoms with Crippen LogP contribution in [0.2, 0.25) is 0 Å². The number of aromatic nitrogens is 1. The highest BCUT2D eigenvalue weighted by Gasteiger charge is 2.18. The number of piperidine rings is 1. The predicted octanol–water partition coefficient (Wildman–Crippen LogP) is 3.48. The minimum Gasteiger partial charge on any atom is -0.398 e. The van der Waals surface area contributed by atoms with E-state index in [-0.39, 0.29) is 0 Å². The second kappa shape index (κ2) is 6.20. The Hall–Kier alpha value is -1.33. The van der Waals surface area contributed by atoms with Gasteiger partial charge in [-0.15, -0.1) is 0 Å². The zero-order valence-electron chi connectivity index (χ0n) is 12.3. The molecule has 0 saturated carbocycles. The Bertz CT molecular complexity index is 643. The Morgan fingerprint density at radius 3 is 3.10 bits per heavy atom. The van der Waals surface area contributed by atoms with E-state index in [2.05, 4.69) is 38.2 Å². The van der Waals surface area contributed by atoms with Gasteiger partial charge in [-0.2, -0.15) is 0 Å². The van der Waals surface area contributed by atoms with E-state index in [1.165, 1.54) is 25.8 Å². The summed E-state index contributed by atoms with van der Waals surface area (Å²) in [5, 5.41) is 4.55. The molecular weight excluding hydrogens is 328 g/mol. The number of halogens is 1. The van der Waals surface area contributed by atoms with Crippen molar-refractivity contribution in [3.63, 3.8) is 0 Å². The molecule has 1 fully saturated rings. The van der Waals surface area contributed by atoms with Crippen molar-refractivity contribution in [2.24, 2.45) is 0 Å². The van der Waals surface area contributed by atoms with Crippen LogP contribution in [0.3, 0.4) is 0 Å². The van der Waals surface area contributed by atoms with E-state index in [0.29, 0.717) is 6.04 Å². The Kier molecular flexibility index (Phi) is 4.31. The van der Waals surface area contributed by atoms with Gasteiger partial charge < -0.3 is 16.0 Å². The van der Waals surface area contributed by atoms with Gasteiger partial charge in [0.05, 0.1) is 11.2 Å². The van der Waals surface area contributed by atoms with Crippen LogP contribution in [0, 0.1) is 0 Å². The zero-order valence-corrected chi connectivity index (χ0v) is 13.9. The monoisotopic (exact) mass is 348 g/mol. The van der Waals surface area contributed by atoms with Crippen molar-refractivity contribution in [2.45, 2.75) is 25.3 Å². The first-order chi connectivity index (χ1) is 10.1. The second-order valence-electron chi connectivity index (χ2n) is 5.76. The maximum Gasteiger partial charge on any atom is 0.0954 e. The first kappa shape index (κ1) is 14.6. The number of likely N-dealkylation sites (N-methyl/N-ethyl adjacent to an activating group) is 1. The fourth-order valence-corrected chi connectivity index (χ4v) is 3.32. The van der Waals surface area contributed by atoms with E-state index in [1.807, 2.05) is 24.4 Å². The lowest BCUT2D eigenvalue weighted by molar-refractivity contribution is 0.195. The van der Waals surface area contributed by atoms with Gasteiger partial charge in [-0.3, -0.25) is 4.98 Å². The number of rotatable bonds is 3. The molecule has 21 heavy (non-hydrogen) atoms. The topological polar surface area (TPSA) is 54.2 Å². The quantitative estimate of drug-likeness (QED) is 0.833. The molecule has 0 aliphatic carbocycles. The molecule has 0 amide bonds. The van der Waals surface area contributed by atoms with Crippen molar-refractivity contribution in [2.75, 3.05) is 31.2 Å². The highest BCUT2D eigenvalue weighted by molar-refractivity contribution is 9.10. The van der Waals surface area contributed by atoms with Crippen LogP contribution in [0.5, 0.6) is 0 Å².